The van der Waals surface area contributed by atoms with Gasteiger partial charge in [0.15, 0.2) is 5.82 Å². The minimum atomic E-state index is -3.66. The van der Waals surface area contributed by atoms with Crippen molar-refractivity contribution in [2.24, 2.45) is 0 Å². The van der Waals surface area contributed by atoms with E-state index in [9.17, 15) is 8.42 Å². The van der Waals surface area contributed by atoms with Gasteiger partial charge in [-0.2, -0.15) is 0 Å². The topological polar surface area (TPSA) is 84.0 Å². The lowest BCUT2D eigenvalue weighted by molar-refractivity contribution is 0.461. The van der Waals surface area contributed by atoms with Gasteiger partial charge in [0.25, 0.3) is 10.0 Å². The van der Waals surface area contributed by atoms with Gasteiger partial charge in [0.2, 0.25) is 0 Å². The number of nitrogens with zero attached hydrogens (tertiary/aromatic N) is 2. The van der Waals surface area contributed by atoms with E-state index >= 15 is 0 Å². The van der Waals surface area contributed by atoms with Gasteiger partial charge in [-0.15, -0.1) is 10.2 Å². The van der Waals surface area contributed by atoms with E-state index in [0.29, 0.717) is 11.9 Å². The first kappa shape index (κ1) is 18.2. The van der Waals surface area contributed by atoms with E-state index in [0.717, 1.165) is 37.7 Å². The van der Waals surface area contributed by atoms with Crippen molar-refractivity contribution in [1.29, 1.82) is 0 Å². The number of benzene rings is 1. The summed E-state index contributed by atoms with van der Waals surface area (Å²) in [5.41, 5.74) is 2.40. The summed E-state index contributed by atoms with van der Waals surface area (Å²) < 4.78 is 27.9. The van der Waals surface area contributed by atoms with E-state index < -0.39 is 10.0 Å². The van der Waals surface area contributed by atoms with E-state index in [1.165, 1.54) is 31.2 Å². The molecule has 1 heterocycles. The van der Waals surface area contributed by atoms with Gasteiger partial charge in [-0.25, -0.2) is 8.42 Å². The summed E-state index contributed by atoms with van der Waals surface area (Å²) in [6, 6.07) is 9.29. The van der Waals surface area contributed by atoms with Crippen LogP contribution >= 0.6 is 0 Å². The normalized spacial score (nSPS) is 17.9. The van der Waals surface area contributed by atoms with Crippen LogP contribution in [0.2, 0.25) is 0 Å². The fourth-order valence-corrected chi connectivity index (χ4v) is 5.04. The second-order valence-electron chi connectivity index (χ2n) is 7.53. The van der Waals surface area contributed by atoms with Crippen LogP contribution in [0.5, 0.6) is 0 Å². The molecule has 0 radical (unpaired) electrons. The number of aryl methyl sites for hydroxylation is 2. The van der Waals surface area contributed by atoms with Crippen molar-refractivity contribution in [2.75, 3.05) is 10.0 Å². The Balaban J connectivity index is 1.44. The average Bonchev–Trinajstić information content (AvgIpc) is 2.70. The molecule has 1 aromatic heterocycles. The van der Waals surface area contributed by atoms with E-state index in [1.807, 2.05) is 6.07 Å². The highest BCUT2D eigenvalue weighted by molar-refractivity contribution is 7.92. The van der Waals surface area contributed by atoms with Crippen molar-refractivity contribution >= 4 is 21.7 Å². The predicted molar refractivity (Wildman–Crippen MR) is 106 cm³/mol. The first-order valence-electron chi connectivity index (χ1n) is 9.85. The van der Waals surface area contributed by atoms with Crippen LogP contribution in [0, 0.1) is 0 Å². The van der Waals surface area contributed by atoms with E-state index in [-0.39, 0.29) is 10.7 Å². The standard InChI is InChI=1S/C20H26N4O2S/c25-27(26,18-11-10-15-6-4-5-7-16(15)14-18)24-20-13-12-19(22-23-20)21-17-8-2-1-3-9-17/h10-14,17H,1-9H2,(H,21,22)(H,23,24). The molecule has 2 N–H and O–H groups in total. The Hall–Kier alpha value is -2.15. The summed E-state index contributed by atoms with van der Waals surface area (Å²) in [4.78, 5) is 0.286. The summed E-state index contributed by atoms with van der Waals surface area (Å²) >= 11 is 0. The van der Waals surface area contributed by atoms with Gasteiger partial charge in [0.1, 0.15) is 5.82 Å². The number of sulfonamides is 1. The molecule has 1 aromatic carbocycles. The molecule has 0 bridgehead atoms. The zero-order valence-corrected chi connectivity index (χ0v) is 16.3. The number of nitrogens with one attached hydrogen (secondary N) is 2. The number of fused-ring (bicyclic) bond motifs is 1. The molecular formula is C20H26N4O2S. The largest absolute Gasteiger partial charge is 0.366 e. The predicted octanol–water partition coefficient (Wildman–Crippen LogP) is 3.90. The minimum absolute atomic E-state index is 0.238. The highest BCUT2D eigenvalue weighted by atomic mass is 32.2. The van der Waals surface area contributed by atoms with Crippen LogP contribution < -0.4 is 10.0 Å². The molecule has 1 fully saturated rings. The van der Waals surface area contributed by atoms with E-state index in [2.05, 4.69) is 20.2 Å². The molecule has 0 saturated heterocycles. The van der Waals surface area contributed by atoms with Gasteiger partial charge in [-0.1, -0.05) is 25.3 Å². The van der Waals surface area contributed by atoms with Crippen molar-refractivity contribution in [3.8, 4) is 0 Å². The molecule has 1 saturated carbocycles. The summed E-state index contributed by atoms with van der Waals surface area (Å²) in [5.74, 6) is 0.931. The minimum Gasteiger partial charge on any atom is -0.366 e. The van der Waals surface area contributed by atoms with Crippen molar-refractivity contribution in [2.45, 2.75) is 68.7 Å². The molecular weight excluding hydrogens is 360 g/mol. The molecule has 0 spiro atoms. The number of hydrogen-bond donors (Lipinski definition) is 2. The van der Waals surface area contributed by atoms with Crippen molar-refractivity contribution in [3.05, 3.63) is 41.5 Å². The van der Waals surface area contributed by atoms with Crippen LogP contribution in [0.15, 0.2) is 35.2 Å². The van der Waals surface area contributed by atoms with E-state index in [4.69, 9.17) is 0 Å². The number of rotatable bonds is 5. The molecule has 6 nitrogen and oxygen atoms in total. The lowest BCUT2D eigenvalue weighted by Crippen LogP contribution is -2.23. The van der Waals surface area contributed by atoms with Crippen LogP contribution in [0.25, 0.3) is 0 Å². The lowest BCUT2D eigenvalue weighted by atomic mass is 9.92. The molecule has 0 atom stereocenters. The highest BCUT2D eigenvalue weighted by Gasteiger charge is 2.19. The molecule has 7 heteroatoms. The van der Waals surface area contributed by atoms with E-state index in [1.54, 1.807) is 24.3 Å². The highest BCUT2D eigenvalue weighted by Crippen LogP contribution is 2.25. The fraction of sp³-hybridized carbons (Fsp3) is 0.500. The third-order valence-electron chi connectivity index (χ3n) is 5.49. The quantitative estimate of drug-likeness (QED) is 0.814. The summed E-state index contributed by atoms with van der Waals surface area (Å²) in [5, 5.41) is 11.6. The Morgan fingerprint density at radius 3 is 2.26 bits per heavy atom. The second kappa shape index (κ2) is 7.84. The van der Waals surface area contributed by atoms with Gasteiger partial charge < -0.3 is 5.32 Å². The molecule has 2 aliphatic rings. The summed E-state index contributed by atoms with van der Waals surface area (Å²) in [7, 11) is -3.66. The monoisotopic (exact) mass is 386 g/mol. The molecule has 4 rings (SSSR count). The van der Waals surface area contributed by atoms with Gasteiger partial charge in [-0.3, -0.25) is 4.72 Å². The maximum absolute atomic E-state index is 12.7. The first-order chi connectivity index (χ1) is 13.1. The summed E-state index contributed by atoms with van der Waals surface area (Å²) in [6.45, 7) is 0. The van der Waals surface area contributed by atoms with Gasteiger partial charge >= 0.3 is 0 Å². The number of aromatic nitrogens is 2. The van der Waals surface area contributed by atoms with Crippen LogP contribution in [-0.2, 0) is 22.9 Å². The molecule has 27 heavy (non-hydrogen) atoms. The van der Waals surface area contributed by atoms with Crippen LogP contribution in [0.3, 0.4) is 0 Å². The Kier molecular flexibility index (Phi) is 5.29. The Labute approximate surface area is 160 Å². The SMILES string of the molecule is O=S(=O)(Nc1ccc(NC2CCCCC2)nn1)c1ccc2c(c1)CCCC2. The summed E-state index contributed by atoms with van der Waals surface area (Å²) in [6.07, 6.45) is 10.3. The Bertz CT molecular complexity index is 891. The molecule has 2 aromatic rings. The Morgan fingerprint density at radius 2 is 1.52 bits per heavy atom. The smallest absolute Gasteiger partial charge is 0.263 e. The lowest BCUT2D eigenvalue weighted by Gasteiger charge is -2.22. The van der Waals surface area contributed by atoms with Crippen molar-refractivity contribution < 1.29 is 8.42 Å². The first-order valence-corrected chi connectivity index (χ1v) is 11.3. The molecule has 144 valence electrons. The number of anilines is 2. The van der Waals surface area contributed by atoms with Gasteiger partial charge in [0.05, 0.1) is 4.90 Å². The molecule has 0 amide bonds. The third-order valence-corrected chi connectivity index (χ3v) is 6.84. The number of hydrogen-bond acceptors (Lipinski definition) is 5. The average molecular weight is 387 g/mol. The van der Waals surface area contributed by atoms with Crippen molar-refractivity contribution in [1.82, 2.24) is 10.2 Å². The van der Waals surface area contributed by atoms with Crippen molar-refractivity contribution in [3.63, 3.8) is 0 Å². The maximum atomic E-state index is 12.7. The second-order valence-corrected chi connectivity index (χ2v) is 9.21. The molecule has 0 unspecified atom stereocenters. The molecule has 2 aliphatic carbocycles. The van der Waals surface area contributed by atoms with Gasteiger partial charge in [0, 0.05) is 6.04 Å². The zero-order valence-electron chi connectivity index (χ0n) is 15.4. The third kappa shape index (κ3) is 4.40. The Morgan fingerprint density at radius 1 is 0.815 bits per heavy atom. The zero-order chi connectivity index (χ0) is 18.7. The maximum Gasteiger partial charge on any atom is 0.263 e. The molecule has 0 aliphatic heterocycles. The van der Waals surface area contributed by atoms with Gasteiger partial charge in [-0.05, 0) is 73.9 Å². The van der Waals surface area contributed by atoms with Crippen LogP contribution in [-0.4, -0.2) is 24.7 Å². The van der Waals surface area contributed by atoms with Crippen LogP contribution in [0.4, 0.5) is 11.6 Å². The fourth-order valence-electron chi connectivity index (χ4n) is 3.99. The van der Waals surface area contributed by atoms with Crippen LogP contribution in [0.1, 0.15) is 56.1 Å².